The zero-order valence-corrected chi connectivity index (χ0v) is 11.4. The Balaban J connectivity index is 1.78. The number of hydrogen-bond acceptors (Lipinski definition) is 3. The van der Waals surface area contributed by atoms with Crippen molar-refractivity contribution < 1.29 is 0 Å². The summed E-state index contributed by atoms with van der Waals surface area (Å²) in [5, 5.41) is 5.64. The Labute approximate surface area is 112 Å². The van der Waals surface area contributed by atoms with Gasteiger partial charge in [-0.25, -0.2) is 0 Å². The lowest BCUT2D eigenvalue weighted by atomic mass is 10.1. The molecule has 2 aromatic rings. The third-order valence-corrected chi connectivity index (χ3v) is 4.97. The van der Waals surface area contributed by atoms with Crippen molar-refractivity contribution in [2.75, 3.05) is 5.75 Å². The smallest absolute Gasteiger partial charge is 0.0746 e. The van der Waals surface area contributed by atoms with E-state index >= 15 is 0 Å². The first-order chi connectivity index (χ1) is 8.84. The monoisotopic (exact) mass is 258 g/mol. The highest BCUT2D eigenvalue weighted by Crippen LogP contribution is 2.26. The predicted octanol–water partition coefficient (Wildman–Crippen LogP) is 3.22. The molecule has 1 saturated heterocycles. The zero-order chi connectivity index (χ0) is 12.4. The minimum atomic E-state index is 0.647. The van der Waals surface area contributed by atoms with Gasteiger partial charge in [0.2, 0.25) is 0 Å². The number of benzene rings is 1. The highest BCUT2D eigenvalue weighted by atomic mass is 32.2. The number of nitrogens with one attached hydrogen (secondary N) is 1. The van der Waals surface area contributed by atoms with E-state index in [2.05, 4.69) is 53.3 Å². The van der Waals surface area contributed by atoms with Crippen LogP contribution >= 0.6 is 11.8 Å². The van der Waals surface area contributed by atoms with Crippen LogP contribution in [0.25, 0.3) is 10.9 Å². The average molecular weight is 258 g/mol. The number of para-hydroxylation sites is 1. The Bertz CT molecular complexity index is 536. The number of nitrogens with zero attached hydrogens (tertiary/aromatic N) is 1. The molecule has 3 rings (SSSR count). The van der Waals surface area contributed by atoms with Crippen molar-refractivity contribution in [1.29, 1.82) is 0 Å². The summed E-state index contributed by atoms with van der Waals surface area (Å²) in [6.45, 7) is 3.24. The summed E-state index contributed by atoms with van der Waals surface area (Å²) in [7, 11) is 0. The minimum absolute atomic E-state index is 0.647. The standard InChI is InChI=1S/C15H18N2S/c1-11-14(7-9-18-11)17-10-13-5-2-4-12-6-3-8-16-15(12)13/h2-6,8,11,14,17H,7,9-10H2,1H3. The quantitative estimate of drug-likeness (QED) is 0.915. The summed E-state index contributed by atoms with van der Waals surface area (Å²) in [6, 6.07) is 11.2. The van der Waals surface area contributed by atoms with Crippen LogP contribution in [-0.2, 0) is 6.54 Å². The van der Waals surface area contributed by atoms with E-state index in [4.69, 9.17) is 0 Å². The van der Waals surface area contributed by atoms with E-state index in [-0.39, 0.29) is 0 Å². The molecule has 1 aromatic carbocycles. The van der Waals surface area contributed by atoms with Gasteiger partial charge in [0, 0.05) is 29.4 Å². The zero-order valence-electron chi connectivity index (χ0n) is 10.6. The van der Waals surface area contributed by atoms with Crippen LogP contribution in [-0.4, -0.2) is 22.0 Å². The largest absolute Gasteiger partial charge is 0.309 e. The van der Waals surface area contributed by atoms with Crippen LogP contribution in [0.1, 0.15) is 18.9 Å². The second-order valence-electron chi connectivity index (χ2n) is 4.84. The molecule has 0 aliphatic carbocycles. The maximum Gasteiger partial charge on any atom is 0.0746 e. The van der Waals surface area contributed by atoms with Crippen molar-refractivity contribution >= 4 is 22.7 Å². The van der Waals surface area contributed by atoms with Crippen molar-refractivity contribution in [3.8, 4) is 0 Å². The summed E-state index contributed by atoms with van der Waals surface area (Å²) in [4.78, 5) is 4.50. The van der Waals surface area contributed by atoms with Crippen molar-refractivity contribution in [2.45, 2.75) is 31.2 Å². The summed E-state index contributed by atoms with van der Waals surface area (Å²) < 4.78 is 0. The van der Waals surface area contributed by atoms with Gasteiger partial charge in [-0.2, -0.15) is 11.8 Å². The molecule has 0 spiro atoms. The predicted molar refractivity (Wildman–Crippen MR) is 78.9 cm³/mol. The molecule has 18 heavy (non-hydrogen) atoms. The molecule has 0 amide bonds. The normalized spacial score (nSPS) is 23.6. The lowest BCUT2D eigenvalue weighted by molar-refractivity contribution is 0.514. The van der Waals surface area contributed by atoms with E-state index in [1.807, 2.05) is 12.3 Å². The molecule has 1 aliphatic heterocycles. The van der Waals surface area contributed by atoms with Gasteiger partial charge >= 0.3 is 0 Å². The van der Waals surface area contributed by atoms with Gasteiger partial charge in [0.05, 0.1) is 5.52 Å². The molecule has 1 N–H and O–H groups in total. The highest BCUT2D eigenvalue weighted by molar-refractivity contribution is 8.00. The number of thioether (sulfide) groups is 1. The molecule has 2 nitrogen and oxygen atoms in total. The van der Waals surface area contributed by atoms with Crippen molar-refractivity contribution in [2.24, 2.45) is 0 Å². The van der Waals surface area contributed by atoms with E-state index in [1.165, 1.54) is 23.1 Å². The summed E-state index contributed by atoms with van der Waals surface area (Å²) >= 11 is 2.07. The Morgan fingerprint density at radius 2 is 2.22 bits per heavy atom. The lowest BCUT2D eigenvalue weighted by Crippen LogP contribution is -2.32. The molecule has 2 unspecified atom stereocenters. The van der Waals surface area contributed by atoms with Gasteiger partial charge in [-0.15, -0.1) is 0 Å². The van der Waals surface area contributed by atoms with E-state index in [9.17, 15) is 0 Å². The van der Waals surface area contributed by atoms with E-state index < -0.39 is 0 Å². The fourth-order valence-corrected chi connectivity index (χ4v) is 3.78. The van der Waals surface area contributed by atoms with Crippen LogP contribution < -0.4 is 5.32 Å². The van der Waals surface area contributed by atoms with Gasteiger partial charge < -0.3 is 5.32 Å². The molecule has 0 radical (unpaired) electrons. The minimum Gasteiger partial charge on any atom is -0.309 e. The van der Waals surface area contributed by atoms with Crippen molar-refractivity contribution in [3.63, 3.8) is 0 Å². The van der Waals surface area contributed by atoms with Gasteiger partial charge in [0.1, 0.15) is 0 Å². The third kappa shape index (κ3) is 2.38. The third-order valence-electron chi connectivity index (χ3n) is 3.65. The van der Waals surface area contributed by atoms with Gasteiger partial charge in [-0.1, -0.05) is 31.2 Å². The molecule has 1 aromatic heterocycles. The summed E-state index contributed by atoms with van der Waals surface area (Å²) in [6.07, 6.45) is 3.16. The van der Waals surface area contributed by atoms with Crippen LogP contribution in [0.15, 0.2) is 36.5 Å². The summed E-state index contributed by atoms with van der Waals surface area (Å²) in [5.74, 6) is 1.28. The molecule has 2 atom stereocenters. The first kappa shape index (κ1) is 12.0. The molecular weight excluding hydrogens is 240 g/mol. The molecule has 0 saturated carbocycles. The Kier molecular flexibility index (Phi) is 3.52. The highest BCUT2D eigenvalue weighted by Gasteiger charge is 2.23. The van der Waals surface area contributed by atoms with Crippen LogP contribution in [0.3, 0.4) is 0 Å². The number of aromatic nitrogens is 1. The molecule has 0 bridgehead atoms. The van der Waals surface area contributed by atoms with Crippen molar-refractivity contribution in [1.82, 2.24) is 10.3 Å². The van der Waals surface area contributed by atoms with Gasteiger partial charge in [-0.05, 0) is 23.8 Å². The van der Waals surface area contributed by atoms with Crippen molar-refractivity contribution in [3.05, 3.63) is 42.1 Å². The Morgan fingerprint density at radius 1 is 1.33 bits per heavy atom. The SMILES string of the molecule is CC1SCCC1NCc1cccc2cccnc12. The van der Waals surface area contributed by atoms with E-state index in [0.717, 1.165) is 17.3 Å². The van der Waals surface area contributed by atoms with Crippen LogP contribution in [0, 0.1) is 0 Å². The number of pyridine rings is 1. The molecule has 94 valence electrons. The van der Waals surface area contributed by atoms with Crippen LogP contribution in [0.2, 0.25) is 0 Å². The molecular formula is C15H18N2S. The van der Waals surface area contributed by atoms with Gasteiger partial charge in [0.15, 0.2) is 0 Å². The van der Waals surface area contributed by atoms with Crippen LogP contribution in [0.4, 0.5) is 0 Å². The van der Waals surface area contributed by atoms with Crippen LogP contribution in [0.5, 0.6) is 0 Å². The molecule has 1 aliphatic rings. The second-order valence-corrected chi connectivity index (χ2v) is 6.33. The fraction of sp³-hybridized carbons (Fsp3) is 0.400. The van der Waals surface area contributed by atoms with Gasteiger partial charge in [-0.3, -0.25) is 4.98 Å². The number of rotatable bonds is 3. The fourth-order valence-electron chi connectivity index (χ4n) is 2.55. The number of fused-ring (bicyclic) bond motifs is 1. The maximum atomic E-state index is 4.50. The van der Waals surface area contributed by atoms with Gasteiger partial charge in [0.25, 0.3) is 0 Å². The average Bonchev–Trinajstić information content (AvgIpc) is 2.82. The summed E-state index contributed by atoms with van der Waals surface area (Å²) in [5.41, 5.74) is 2.43. The Morgan fingerprint density at radius 3 is 3.06 bits per heavy atom. The number of hydrogen-bond donors (Lipinski definition) is 1. The Hall–Kier alpha value is -1.06. The molecule has 3 heteroatoms. The molecule has 1 fully saturated rings. The topological polar surface area (TPSA) is 24.9 Å². The second kappa shape index (κ2) is 5.29. The first-order valence-corrected chi connectivity index (χ1v) is 7.57. The maximum absolute atomic E-state index is 4.50. The van der Waals surface area contributed by atoms with E-state index in [1.54, 1.807) is 0 Å². The first-order valence-electron chi connectivity index (χ1n) is 6.52. The van der Waals surface area contributed by atoms with E-state index in [0.29, 0.717) is 6.04 Å². The molecule has 2 heterocycles. The lowest BCUT2D eigenvalue weighted by Gasteiger charge is -2.17.